The van der Waals surface area contributed by atoms with Crippen molar-refractivity contribution < 1.29 is 4.79 Å². The quantitative estimate of drug-likeness (QED) is 0.895. The Labute approximate surface area is 154 Å². The van der Waals surface area contributed by atoms with Crippen LogP contribution in [0.2, 0.25) is 0 Å². The fourth-order valence-corrected chi connectivity index (χ4v) is 4.48. The van der Waals surface area contributed by atoms with Crippen molar-refractivity contribution in [2.45, 2.75) is 51.4 Å². The monoisotopic (exact) mass is 350 g/mol. The Morgan fingerprint density at radius 1 is 1.31 bits per heavy atom. The molecule has 1 aliphatic heterocycles. The van der Waals surface area contributed by atoms with E-state index >= 15 is 0 Å². The standard InChI is InChI=1S/C21H26N4O/c1-3-16-7-4-5-8-18(16)24-20(26)25-12-6-10-21(14-25)11-9-17-13-22-15(2)23-19(17)21/h4-5,7-8,13H,3,6,9-12,14H2,1-2H3,(H,24,26). The molecule has 1 saturated heterocycles. The average Bonchev–Trinajstić information content (AvgIpc) is 2.99. The molecule has 26 heavy (non-hydrogen) atoms. The lowest BCUT2D eigenvalue weighted by Gasteiger charge is -2.40. The summed E-state index contributed by atoms with van der Waals surface area (Å²) in [6, 6.07) is 8.04. The van der Waals surface area contributed by atoms with Crippen molar-refractivity contribution in [3.05, 3.63) is 53.1 Å². The van der Waals surface area contributed by atoms with Gasteiger partial charge in [-0.3, -0.25) is 0 Å². The first-order chi connectivity index (χ1) is 12.6. The van der Waals surface area contributed by atoms with E-state index in [1.807, 2.05) is 36.2 Å². The zero-order valence-corrected chi connectivity index (χ0v) is 15.6. The zero-order valence-electron chi connectivity index (χ0n) is 15.6. The number of rotatable bonds is 2. The molecule has 1 atom stereocenters. The molecule has 0 radical (unpaired) electrons. The molecule has 2 heterocycles. The molecule has 1 aromatic heterocycles. The Balaban J connectivity index is 1.55. The van der Waals surface area contributed by atoms with Gasteiger partial charge in [0.1, 0.15) is 5.82 Å². The SMILES string of the molecule is CCc1ccccc1NC(=O)N1CCCC2(CCc3cnc(C)nc32)C1. The molecule has 2 aromatic rings. The van der Waals surface area contributed by atoms with Gasteiger partial charge in [0.15, 0.2) is 0 Å². The van der Waals surface area contributed by atoms with Gasteiger partial charge in [0.25, 0.3) is 0 Å². The van der Waals surface area contributed by atoms with Gasteiger partial charge in [-0.1, -0.05) is 25.1 Å². The normalized spacial score (nSPS) is 21.7. The van der Waals surface area contributed by atoms with E-state index in [0.29, 0.717) is 0 Å². The van der Waals surface area contributed by atoms with Crippen molar-refractivity contribution in [3.8, 4) is 0 Å². The number of hydrogen-bond acceptors (Lipinski definition) is 3. The third-order valence-corrected chi connectivity index (χ3v) is 5.86. The molecular weight excluding hydrogens is 324 g/mol. The number of amides is 2. The van der Waals surface area contributed by atoms with E-state index in [2.05, 4.69) is 23.3 Å². The number of hydrogen-bond donors (Lipinski definition) is 1. The molecule has 136 valence electrons. The van der Waals surface area contributed by atoms with E-state index in [1.54, 1.807) is 0 Å². The van der Waals surface area contributed by atoms with E-state index < -0.39 is 0 Å². The van der Waals surface area contributed by atoms with Crippen LogP contribution in [0.5, 0.6) is 0 Å². The molecule has 1 unspecified atom stereocenters. The Bertz CT molecular complexity index is 831. The molecule has 1 aromatic carbocycles. The second-order valence-corrected chi connectivity index (χ2v) is 7.54. The highest BCUT2D eigenvalue weighted by Gasteiger charge is 2.44. The minimum atomic E-state index is 0.00287. The van der Waals surface area contributed by atoms with Gasteiger partial charge in [-0.05, 0) is 56.2 Å². The van der Waals surface area contributed by atoms with Crippen molar-refractivity contribution in [2.75, 3.05) is 18.4 Å². The number of para-hydroxylation sites is 1. The first kappa shape index (κ1) is 17.0. The van der Waals surface area contributed by atoms with Crippen LogP contribution < -0.4 is 5.32 Å². The molecule has 1 spiro atoms. The lowest BCUT2D eigenvalue weighted by atomic mass is 9.77. The van der Waals surface area contributed by atoms with E-state index in [-0.39, 0.29) is 11.4 Å². The summed E-state index contributed by atoms with van der Waals surface area (Å²) in [5.74, 6) is 0.823. The van der Waals surface area contributed by atoms with Gasteiger partial charge in [-0.25, -0.2) is 14.8 Å². The summed E-state index contributed by atoms with van der Waals surface area (Å²) < 4.78 is 0. The van der Waals surface area contributed by atoms with Crippen LogP contribution in [-0.2, 0) is 18.3 Å². The second-order valence-electron chi connectivity index (χ2n) is 7.54. The summed E-state index contributed by atoms with van der Waals surface area (Å²) in [6.07, 6.45) is 7.09. The van der Waals surface area contributed by atoms with Crippen molar-refractivity contribution in [1.29, 1.82) is 0 Å². The van der Waals surface area contributed by atoms with Gasteiger partial charge in [0.05, 0.1) is 5.69 Å². The number of carbonyl (C=O) groups excluding carboxylic acids is 1. The van der Waals surface area contributed by atoms with Gasteiger partial charge in [-0.15, -0.1) is 0 Å². The molecular formula is C21H26N4O. The number of anilines is 1. The highest BCUT2D eigenvalue weighted by atomic mass is 16.2. The predicted molar refractivity (Wildman–Crippen MR) is 102 cm³/mol. The maximum absolute atomic E-state index is 12.9. The first-order valence-electron chi connectivity index (χ1n) is 9.58. The molecule has 5 nitrogen and oxygen atoms in total. The van der Waals surface area contributed by atoms with Crippen molar-refractivity contribution in [1.82, 2.24) is 14.9 Å². The van der Waals surface area contributed by atoms with Crippen LogP contribution in [0.15, 0.2) is 30.5 Å². The van der Waals surface area contributed by atoms with E-state index in [9.17, 15) is 4.79 Å². The topological polar surface area (TPSA) is 58.1 Å². The van der Waals surface area contributed by atoms with Crippen molar-refractivity contribution in [3.63, 3.8) is 0 Å². The number of likely N-dealkylation sites (tertiary alicyclic amines) is 1. The molecule has 1 aliphatic carbocycles. The van der Waals surface area contributed by atoms with Gasteiger partial charge in [0.2, 0.25) is 0 Å². The number of aryl methyl sites for hydroxylation is 3. The fourth-order valence-electron chi connectivity index (χ4n) is 4.48. The summed E-state index contributed by atoms with van der Waals surface area (Å²) in [5, 5.41) is 3.13. The number of nitrogens with zero attached hydrogens (tertiary/aromatic N) is 3. The van der Waals surface area contributed by atoms with Gasteiger partial charge in [0, 0.05) is 30.4 Å². The first-order valence-corrected chi connectivity index (χ1v) is 9.58. The Morgan fingerprint density at radius 2 is 2.15 bits per heavy atom. The number of piperidine rings is 1. The van der Waals surface area contributed by atoms with E-state index in [4.69, 9.17) is 4.98 Å². The smallest absolute Gasteiger partial charge is 0.321 e. The largest absolute Gasteiger partial charge is 0.324 e. The molecule has 4 rings (SSSR count). The number of carbonyl (C=O) groups is 1. The molecule has 0 bridgehead atoms. The van der Waals surface area contributed by atoms with Crippen LogP contribution in [0.1, 0.15) is 48.8 Å². The second kappa shape index (κ2) is 6.71. The minimum Gasteiger partial charge on any atom is -0.324 e. The van der Waals surface area contributed by atoms with Gasteiger partial charge in [-0.2, -0.15) is 0 Å². The van der Waals surface area contributed by atoms with Crippen LogP contribution in [0.25, 0.3) is 0 Å². The van der Waals surface area contributed by atoms with Crippen LogP contribution in [0.3, 0.4) is 0 Å². The maximum Gasteiger partial charge on any atom is 0.321 e. The van der Waals surface area contributed by atoms with Crippen LogP contribution >= 0.6 is 0 Å². The van der Waals surface area contributed by atoms with E-state index in [1.165, 1.54) is 16.8 Å². The average molecular weight is 350 g/mol. The maximum atomic E-state index is 12.9. The fraction of sp³-hybridized carbons (Fsp3) is 0.476. The predicted octanol–water partition coefficient (Wildman–Crippen LogP) is 3.86. The Kier molecular flexibility index (Phi) is 4.39. The number of nitrogens with one attached hydrogen (secondary N) is 1. The highest BCUT2D eigenvalue weighted by Crippen LogP contribution is 2.43. The van der Waals surface area contributed by atoms with Crippen LogP contribution in [0, 0.1) is 6.92 Å². The number of aromatic nitrogens is 2. The van der Waals surface area contributed by atoms with Gasteiger partial charge < -0.3 is 10.2 Å². The number of fused-ring (bicyclic) bond motifs is 2. The molecule has 1 fully saturated rings. The molecule has 1 N–H and O–H groups in total. The molecule has 5 heteroatoms. The van der Waals surface area contributed by atoms with Crippen LogP contribution in [-0.4, -0.2) is 34.0 Å². The van der Waals surface area contributed by atoms with Gasteiger partial charge >= 0.3 is 6.03 Å². The third kappa shape index (κ3) is 2.96. The Morgan fingerprint density at radius 3 is 3.00 bits per heavy atom. The number of urea groups is 1. The third-order valence-electron chi connectivity index (χ3n) is 5.86. The minimum absolute atomic E-state index is 0.00287. The molecule has 0 saturated carbocycles. The summed E-state index contributed by atoms with van der Waals surface area (Å²) in [7, 11) is 0. The lowest BCUT2D eigenvalue weighted by molar-refractivity contribution is 0.157. The number of benzene rings is 1. The lowest BCUT2D eigenvalue weighted by Crippen LogP contribution is -2.49. The summed E-state index contributed by atoms with van der Waals surface area (Å²) in [5.41, 5.74) is 4.53. The summed E-state index contributed by atoms with van der Waals surface area (Å²) in [6.45, 7) is 5.61. The summed E-state index contributed by atoms with van der Waals surface area (Å²) in [4.78, 5) is 24.0. The van der Waals surface area contributed by atoms with E-state index in [0.717, 1.165) is 56.7 Å². The van der Waals surface area contributed by atoms with Crippen LogP contribution in [0.4, 0.5) is 10.5 Å². The zero-order chi connectivity index (χ0) is 18.1. The highest BCUT2D eigenvalue weighted by molar-refractivity contribution is 5.90. The summed E-state index contributed by atoms with van der Waals surface area (Å²) >= 11 is 0. The Hall–Kier alpha value is -2.43. The van der Waals surface area contributed by atoms with Crippen molar-refractivity contribution in [2.24, 2.45) is 0 Å². The molecule has 2 aliphatic rings. The molecule has 2 amide bonds. The van der Waals surface area contributed by atoms with Crippen molar-refractivity contribution >= 4 is 11.7 Å².